The first-order valence-electron chi connectivity index (χ1n) is 7.72. The highest BCUT2D eigenvalue weighted by Crippen LogP contribution is 2.27. The number of para-hydroxylation sites is 2. The minimum atomic E-state index is 0.0620. The molecular formula is C20H18N2OS. The number of hydrogen-bond acceptors (Lipinski definition) is 3. The van der Waals surface area contributed by atoms with Gasteiger partial charge >= 0.3 is 0 Å². The topological polar surface area (TPSA) is 33.2 Å². The van der Waals surface area contributed by atoms with Crippen LogP contribution in [-0.2, 0) is 4.79 Å². The lowest BCUT2D eigenvalue weighted by molar-refractivity contribution is -0.116. The van der Waals surface area contributed by atoms with Gasteiger partial charge < -0.3 is 4.90 Å². The van der Waals surface area contributed by atoms with Crippen molar-refractivity contribution in [3.63, 3.8) is 0 Å². The Hall–Kier alpha value is -2.59. The Labute approximate surface area is 146 Å². The molecule has 0 bridgehead atoms. The molecule has 0 radical (unpaired) electrons. The van der Waals surface area contributed by atoms with Crippen molar-refractivity contribution in [2.45, 2.75) is 4.90 Å². The summed E-state index contributed by atoms with van der Waals surface area (Å²) in [4.78, 5) is 19.9. The van der Waals surface area contributed by atoms with Gasteiger partial charge in [-0.15, -0.1) is 18.3 Å². The summed E-state index contributed by atoms with van der Waals surface area (Å²) in [5.41, 5.74) is 1.84. The summed E-state index contributed by atoms with van der Waals surface area (Å²) in [6.45, 7) is 4.26. The van der Waals surface area contributed by atoms with Gasteiger partial charge in [0.25, 0.3) is 0 Å². The van der Waals surface area contributed by atoms with E-state index in [1.54, 1.807) is 28.9 Å². The maximum Gasteiger partial charge on any atom is 0.237 e. The lowest BCUT2D eigenvalue weighted by Gasteiger charge is -2.21. The molecule has 0 aliphatic rings. The van der Waals surface area contributed by atoms with Crippen molar-refractivity contribution in [1.29, 1.82) is 0 Å². The van der Waals surface area contributed by atoms with Crippen molar-refractivity contribution in [2.24, 2.45) is 0 Å². The number of aromatic nitrogens is 1. The SMILES string of the molecule is C=CCN(C(=O)CSc1ccnc2ccccc12)c1ccccc1. The molecule has 120 valence electrons. The average molecular weight is 334 g/mol. The van der Waals surface area contributed by atoms with E-state index in [0.717, 1.165) is 21.5 Å². The largest absolute Gasteiger partial charge is 0.308 e. The molecular weight excluding hydrogens is 316 g/mol. The molecule has 1 heterocycles. The highest BCUT2D eigenvalue weighted by molar-refractivity contribution is 8.00. The molecule has 0 fully saturated rings. The molecule has 0 spiro atoms. The fraction of sp³-hybridized carbons (Fsp3) is 0.100. The Morgan fingerprint density at radius 2 is 1.83 bits per heavy atom. The molecule has 24 heavy (non-hydrogen) atoms. The summed E-state index contributed by atoms with van der Waals surface area (Å²) in [5, 5.41) is 1.08. The molecule has 0 saturated carbocycles. The number of thioether (sulfide) groups is 1. The lowest BCUT2D eigenvalue weighted by atomic mass is 10.2. The number of fused-ring (bicyclic) bond motifs is 1. The van der Waals surface area contributed by atoms with Crippen LogP contribution in [0, 0.1) is 0 Å². The van der Waals surface area contributed by atoms with Crippen molar-refractivity contribution >= 4 is 34.3 Å². The fourth-order valence-electron chi connectivity index (χ4n) is 2.50. The summed E-state index contributed by atoms with van der Waals surface area (Å²) in [7, 11) is 0. The maximum absolute atomic E-state index is 12.7. The van der Waals surface area contributed by atoms with Crippen LogP contribution in [0.3, 0.4) is 0 Å². The maximum atomic E-state index is 12.7. The van der Waals surface area contributed by atoms with Crippen molar-refractivity contribution < 1.29 is 4.79 Å². The zero-order chi connectivity index (χ0) is 16.8. The van der Waals surface area contributed by atoms with E-state index >= 15 is 0 Å². The molecule has 0 aliphatic carbocycles. The predicted molar refractivity (Wildman–Crippen MR) is 101 cm³/mol. The zero-order valence-corrected chi connectivity index (χ0v) is 14.1. The van der Waals surface area contributed by atoms with Crippen molar-refractivity contribution in [3.8, 4) is 0 Å². The number of rotatable bonds is 6. The van der Waals surface area contributed by atoms with Gasteiger partial charge in [-0.3, -0.25) is 9.78 Å². The number of anilines is 1. The third-order valence-electron chi connectivity index (χ3n) is 3.64. The lowest BCUT2D eigenvalue weighted by Crippen LogP contribution is -2.32. The molecule has 0 saturated heterocycles. The van der Waals surface area contributed by atoms with Gasteiger partial charge in [0.05, 0.1) is 11.3 Å². The van der Waals surface area contributed by atoms with Crippen molar-refractivity contribution in [2.75, 3.05) is 17.2 Å². The monoisotopic (exact) mass is 334 g/mol. The number of carbonyl (C=O) groups excluding carboxylic acids is 1. The van der Waals surface area contributed by atoms with Gasteiger partial charge in [0.2, 0.25) is 5.91 Å². The number of nitrogens with zero attached hydrogens (tertiary/aromatic N) is 2. The molecule has 0 atom stereocenters. The normalized spacial score (nSPS) is 10.5. The van der Waals surface area contributed by atoms with E-state index in [0.29, 0.717) is 12.3 Å². The van der Waals surface area contributed by atoms with Crippen LogP contribution in [-0.4, -0.2) is 23.2 Å². The van der Waals surface area contributed by atoms with E-state index in [4.69, 9.17) is 0 Å². The van der Waals surface area contributed by atoms with Gasteiger partial charge in [0, 0.05) is 28.7 Å². The van der Waals surface area contributed by atoms with Gasteiger partial charge in [-0.25, -0.2) is 0 Å². The highest BCUT2D eigenvalue weighted by Gasteiger charge is 2.15. The summed E-state index contributed by atoms with van der Waals surface area (Å²) in [5.74, 6) is 0.434. The third-order valence-corrected chi connectivity index (χ3v) is 4.70. The van der Waals surface area contributed by atoms with E-state index < -0.39 is 0 Å². The number of benzene rings is 2. The van der Waals surface area contributed by atoms with Gasteiger partial charge in [-0.05, 0) is 24.3 Å². The standard InChI is InChI=1S/C20H18N2OS/c1-2-14-22(16-8-4-3-5-9-16)20(23)15-24-19-12-13-21-18-11-7-6-10-17(18)19/h2-13H,1,14-15H2. The van der Waals surface area contributed by atoms with Crippen LogP contribution in [0.15, 0.2) is 84.4 Å². The van der Waals surface area contributed by atoms with Crippen LogP contribution in [0.25, 0.3) is 10.9 Å². The Bertz CT molecular complexity index is 843. The summed E-state index contributed by atoms with van der Waals surface area (Å²) < 4.78 is 0. The molecule has 0 unspecified atom stereocenters. The Kier molecular flexibility index (Phi) is 5.29. The number of carbonyl (C=O) groups is 1. The first-order chi connectivity index (χ1) is 11.8. The van der Waals surface area contributed by atoms with E-state index in [1.807, 2.05) is 60.7 Å². The van der Waals surface area contributed by atoms with E-state index in [-0.39, 0.29) is 5.91 Å². The molecule has 1 aromatic heterocycles. The number of pyridine rings is 1. The first kappa shape index (κ1) is 16.3. The van der Waals surface area contributed by atoms with Crippen LogP contribution in [0.4, 0.5) is 5.69 Å². The van der Waals surface area contributed by atoms with Gasteiger partial charge in [-0.2, -0.15) is 0 Å². The molecule has 3 aromatic rings. The van der Waals surface area contributed by atoms with Gasteiger partial charge in [0.1, 0.15) is 0 Å². The molecule has 0 N–H and O–H groups in total. The zero-order valence-electron chi connectivity index (χ0n) is 13.3. The molecule has 3 rings (SSSR count). The minimum Gasteiger partial charge on any atom is -0.308 e. The van der Waals surface area contributed by atoms with Crippen LogP contribution in [0.1, 0.15) is 0 Å². The Morgan fingerprint density at radius 3 is 2.62 bits per heavy atom. The molecule has 1 amide bonds. The van der Waals surface area contributed by atoms with Crippen LogP contribution < -0.4 is 4.90 Å². The third kappa shape index (κ3) is 3.66. The number of hydrogen-bond donors (Lipinski definition) is 0. The molecule has 2 aromatic carbocycles. The smallest absolute Gasteiger partial charge is 0.237 e. The van der Waals surface area contributed by atoms with Crippen molar-refractivity contribution in [1.82, 2.24) is 4.98 Å². The Balaban J connectivity index is 1.77. The van der Waals surface area contributed by atoms with Gasteiger partial charge in [0.15, 0.2) is 0 Å². The molecule has 0 aliphatic heterocycles. The van der Waals surface area contributed by atoms with Crippen LogP contribution >= 0.6 is 11.8 Å². The molecule has 4 heteroatoms. The summed E-state index contributed by atoms with van der Waals surface area (Å²) in [6, 6.07) is 19.6. The second kappa shape index (κ2) is 7.79. The van der Waals surface area contributed by atoms with Crippen LogP contribution in [0.5, 0.6) is 0 Å². The van der Waals surface area contributed by atoms with Crippen molar-refractivity contribution in [3.05, 3.63) is 79.5 Å². The highest BCUT2D eigenvalue weighted by atomic mass is 32.2. The van der Waals surface area contributed by atoms with E-state index in [9.17, 15) is 4.79 Å². The number of amides is 1. The minimum absolute atomic E-state index is 0.0620. The fourth-order valence-corrected chi connectivity index (χ4v) is 3.42. The quantitative estimate of drug-likeness (QED) is 0.490. The first-order valence-corrected chi connectivity index (χ1v) is 8.71. The Morgan fingerprint density at radius 1 is 1.08 bits per heavy atom. The molecule has 3 nitrogen and oxygen atoms in total. The van der Waals surface area contributed by atoms with E-state index in [2.05, 4.69) is 11.6 Å². The second-order valence-electron chi connectivity index (χ2n) is 5.24. The second-order valence-corrected chi connectivity index (χ2v) is 6.26. The summed E-state index contributed by atoms with van der Waals surface area (Å²) in [6.07, 6.45) is 3.53. The van der Waals surface area contributed by atoms with Gasteiger partial charge in [-0.1, -0.05) is 42.5 Å². The van der Waals surface area contributed by atoms with E-state index in [1.165, 1.54) is 0 Å². The summed E-state index contributed by atoms with van der Waals surface area (Å²) >= 11 is 1.54. The van der Waals surface area contributed by atoms with Crippen LogP contribution in [0.2, 0.25) is 0 Å². The predicted octanol–water partition coefficient (Wildman–Crippen LogP) is 4.55. The average Bonchev–Trinajstić information content (AvgIpc) is 2.65.